The summed E-state index contributed by atoms with van der Waals surface area (Å²) in [5.41, 5.74) is 0.707. The van der Waals surface area contributed by atoms with Crippen LogP contribution < -0.4 is 20.7 Å². The SMILES string of the molecule is COc1cccc2[nH]c(C(=O)N[C@@H](CC3CC3)C(=O)N[C@@]3(C(C)=N)C[C@@H]4CCC3[C@H]3C(=O)NC[C@H]43)cc12. The van der Waals surface area contributed by atoms with Gasteiger partial charge in [-0.2, -0.15) is 0 Å². The summed E-state index contributed by atoms with van der Waals surface area (Å²) < 4.78 is 5.42. The van der Waals surface area contributed by atoms with Crippen LogP contribution in [0.2, 0.25) is 0 Å². The molecule has 6 atom stereocenters. The highest BCUT2D eigenvalue weighted by molar-refractivity contribution is 6.02. The molecule has 9 nitrogen and oxygen atoms in total. The molecule has 5 fully saturated rings. The quantitative estimate of drug-likeness (QED) is 0.353. The second-order valence-corrected chi connectivity index (χ2v) is 11.5. The Morgan fingerprint density at radius 1 is 1.24 bits per heavy atom. The van der Waals surface area contributed by atoms with Crippen molar-refractivity contribution < 1.29 is 19.1 Å². The molecule has 4 aliphatic carbocycles. The van der Waals surface area contributed by atoms with Gasteiger partial charge in [-0.15, -0.1) is 0 Å². The number of aromatic amines is 1. The molecule has 1 aliphatic heterocycles. The Kier molecular flexibility index (Phi) is 5.76. The van der Waals surface area contributed by atoms with E-state index in [1.165, 1.54) is 0 Å². The maximum atomic E-state index is 13.8. The maximum absolute atomic E-state index is 13.8. The minimum atomic E-state index is -0.843. The van der Waals surface area contributed by atoms with Gasteiger partial charge in [-0.1, -0.05) is 18.9 Å². The van der Waals surface area contributed by atoms with Crippen molar-refractivity contribution in [3.63, 3.8) is 0 Å². The number of ether oxygens (including phenoxy) is 1. The van der Waals surface area contributed by atoms with Crippen LogP contribution in [0.4, 0.5) is 0 Å². The number of carbonyl (C=O) groups excluding carboxylic acids is 3. The fourth-order valence-corrected chi connectivity index (χ4v) is 7.32. The molecule has 2 heterocycles. The number of benzene rings is 1. The molecule has 7 rings (SSSR count). The van der Waals surface area contributed by atoms with Crippen LogP contribution in [0.5, 0.6) is 5.75 Å². The van der Waals surface area contributed by atoms with E-state index < -0.39 is 11.6 Å². The lowest BCUT2D eigenvalue weighted by Crippen LogP contribution is -2.69. The van der Waals surface area contributed by atoms with E-state index in [0.717, 1.165) is 36.6 Å². The van der Waals surface area contributed by atoms with Crippen LogP contribution >= 0.6 is 0 Å². The largest absolute Gasteiger partial charge is 0.496 e. The highest BCUT2D eigenvalue weighted by Crippen LogP contribution is 2.55. The van der Waals surface area contributed by atoms with E-state index in [-0.39, 0.29) is 35.5 Å². The van der Waals surface area contributed by atoms with Gasteiger partial charge in [-0.05, 0) is 74.5 Å². The van der Waals surface area contributed by atoms with E-state index in [1.807, 2.05) is 18.2 Å². The van der Waals surface area contributed by atoms with E-state index in [4.69, 9.17) is 10.1 Å². The summed E-state index contributed by atoms with van der Waals surface area (Å²) in [7, 11) is 1.59. The normalized spacial score (nSPS) is 30.9. The minimum Gasteiger partial charge on any atom is -0.496 e. The Balaban J connectivity index is 1.25. The van der Waals surface area contributed by atoms with Crippen molar-refractivity contribution in [1.29, 1.82) is 5.41 Å². The molecule has 196 valence electrons. The lowest BCUT2D eigenvalue weighted by atomic mass is 9.51. The summed E-state index contributed by atoms with van der Waals surface area (Å²) in [5, 5.41) is 18.8. The first-order valence-corrected chi connectivity index (χ1v) is 13.4. The van der Waals surface area contributed by atoms with Gasteiger partial charge in [0.1, 0.15) is 17.5 Å². The molecule has 2 bridgehead atoms. The van der Waals surface area contributed by atoms with Gasteiger partial charge in [-0.25, -0.2) is 0 Å². The number of hydrogen-bond donors (Lipinski definition) is 5. The highest BCUT2D eigenvalue weighted by atomic mass is 16.5. The van der Waals surface area contributed by atoms with Crippen molar-refractivity contribution in [3.8, 4) is 5.75 Å². The van der Waals surface area contributed by atoms with Crippen LogP contribution in [-0.4, -0.2) is 53.7 Å². The fraction of sp³-hybridized carbons (Fsp3) is 0.571. The van der Waals surface area contributed by atoms with Crippen LogP contribution in [0.1, 0.15) is 55.9 Å². The number of fused-ring (bicyclic) bond motifs is 3. The van der Waals surface area contributed by atoms with Gasteiger partial charge in [-0.3, -0.25) is 14.4 Å². The van der Waals surface area contributed by atoms with Crippen molar-refractivity contribution in [3.05, 3.63) is 30.0 Å². The molecule has 5 N–H and O–H groups in total. The fourth-order valence-electron chi connectivity index (χ4n) is 7.32. The van der Waals surface area contributed by atoms with Crippen molar-refractivity contribution in [2.75, 3.05) is 13.7 Å². The molecule has 5 aliphatic rings. The molecule has 1 aromatic heterocycles. The topological polar surface area (TPSA) is 136 Å². The first kappa shape index (κ1) is 24.0. The molecule has 1 unspecified atom stereocenters. The molecule has 9 heteroatoms. The van der Waals surface area contributed by atoms with Gasteiger partial charge in [0.15, 0.2) is 0 Å². The zero-order valence-corrected chi connectivity index (χ0v) is 21.4. The lowest BCUT2D eigenvalue weighted by Gasteiger charge is -2.56. The Morgan fingerprint density at radius 2 is 2.05 bits per heavy atom. The number of rotatable bonds is 8. The third-order valence-electron chi connectivity index (χ3n) is 9.37. The summed E-state index contributed by atoms with van der Waals surface area (Å²) in [5.74, 6) is 0.855. The molecule has 2 aromatic rings. The molecule has 0 spiro atoms. The van der Waals surface area contributed by atoms with Gasteiger partial charge < -0.3 is 31.1 Å². The van der Waals surface area contributed by atoms with Crippen molar-refractivity contribution in [1.82, 2.24) is 20.9 Å². The molecule has 4 saturated carbocycles. The van der Waals surface area contributed by atoms with Gasteiger partial charge in [0.25, 0.3) is 5.91 Å². The summed E-state index contributed by atoms with van der Waals surface area (Å²) in [6.45, 7) is 2.44. The predicted molar refractivity (Wildman–Crippen MR) is 139 cm³/mol. The summed E-state index contributed by atoms with van der Waals surface area (Å²) in [6, 6.07) is 6.61. The van der Waals surface area contributed by atoms with Crippen LogP contribution in [0.3, 0.4) is 0 Å². The molecule has 1 saturated heterocycles. The molecule has 0 radical (unpaired) electrons. The predicted octanol–water partition coefficient (Wildman–Crippen LogP) is 2.76. The Labute approximate surface area is 216 Å². The first-order chi connectivity index (χ1) is 17.8. The smallest absolute Gasteiger partial charge is 0.268 e. The van der Waals surface area contributed by atoms with E-state index in [9.17, 15) is 14.4 Å². The molecule has 1 aromatic carbocycles. The summed E-state index contributed by atoms with van der Waals surface area (Å²) in [4.78, 5) is 43.0. The Hall–Kier alpha value is -3.36. The second kappa shape index (κ2) is 8.89. The zero-order valence-electron chi connectivity index (χ0n) is 21.4. The minimum absolute atomic E-state index is 0.0522. The average Bonchev–Trinajstić information content (AvgIpc) is 3.44. The van der Waals surface area contributed by atoms with E-state index in [0.29, 0.717) is 48.4 Å². The molecule has 3 amide bonds. The highest BCUT2D eigenvalue weighted by Gasteiger charge is 2.61. The van der Waals surface area contributed by atoms with E-state index in [1.54, 1.807) is 20.1 Å². The van der Waals surface area contributed by atoms with Crippen molar-refractivity contribution in [2.24, 2.45) is 29.6 Å². The molecule has 37 heavy (non-hydrogen) atoms. The number of hydrogen-bond acceptors (Lipinski definition) is 5. The zero-order chi connectivity index (χ0) is 25.9. The van der Waals surface area contributed by atoms with Crippen LogP contribution in [-0.2, 0) is 9.59 Å². The van der Waals surface area contributed by atoms with Gasteiger partial charge in [0.2, 0.25) is 11.8 Å². The number of carbonyl (C=O) groups is 3. The average molecular weight is 506 g/mol. The van der Waals surface area contributed by atoms with E-state index in [2.05, 4.69) is 20.9 Å². The maximum Gasteiger partial charge on any atom is 0.268 e. The van der Waals surface area contributed by atoms with Crippen molar-refractivity contribution in [2.45, 2.75) is 57.0 Å². The third-order valence-corrected chi connectivity index (χ3v) is 9.37. The van der Waals surface area contributed by atoms with Crippen LogP contribution in [0, 0.1) is 35.0 Å². The monoisotopic (exact) mass is 505 g/mol. The van der Waals surface area contributed by atoms with Crippen LogP contribution in [0.25, 0.3) is 10.9 Å². The third kappa shape index (κ3) is 3.99. The summed E-state index contributed by atoms with van der Waals surface area (Å²) in [6.07, 6.45) is 5.19. The number of aromatic nitrogens is 1. The molecular weight excluding hydrogens is 470 g/mol. The Morgan fingerprint density at radius 3 is 2.78 bits per heavy atom. The standard InChI is InChI=1S/C28H35N5O4/c1-14(29)28(12-16-8-9-19(28)24-18(16)13-30-27(24)36)33-26(35)21(10-15-6-7-15)32-25(34)22-11-17-20(31-22)4-3-5-23(17)37-2/h3-5,11,15-16,18-19,21,24,29,31H,6-10,12-13H2,1-2H3,(H,30,36)(H,32,34)(H,33,35)/t16-,18+,19?,21-,24-,28+/m0/s1. The van der Waals surface area contributed by atoms with Gasteiger partial charge >= 0.3 is 0 Å². The number of nitrogens with one attached hydrogen (secondary N) is 5. The van der Waals surface area contributed by atoms with Gasteiger partial charge in [0.05, 0.1) is 12.6 Å². The van der Waals surface area contributed by atoms with Crippen molar-refractivity contribution >= 4 is 34.3 Å². The number of amides is 3. The number of methoxy groups -OCH3 is 1. The second-order valence-electron chi connectivity index (χ2n) is 11.5. The summed E-state index contributed by atoms with van der Waals surface area (Å²) >= 11 is 0. The Bertz CT molecular complexity index is 1280. The van der Waals surface area contributed by atoms with E-state index >= 15 is 0 Å². The van der Waals surface area contributed by atoms with Crippen LogP contribution in [0.15, 0.2) is 24.3 Å². The van der Waals surface area contributed by atoms with Gasteiger partial charge in [0, 0.05) is 29.1 Å². The lowest BCUT2D eigenvalue weighted by molar-refractivity contribution is -0.135. The molecular formula is C28H35N5O4. The first-order valence-electron chi connectivity index (χ1n) is 13.4. The number of H-pyrrole nitrogens is 1.